The molecule has 0 radical (unpaired) electrons. The molecule has 0 aliphatic rings. The summed E-state index contributed by atoms with van der Waals surface area (Å²) in [5.41, 5.74) is 8.52. The molecule has 34 heavy (non-hydrogen) atoms. The van der Waals surface area contributed by atoms with Crippen LogP contribution in [0.4, 0.5) is 14.6 Å². The third-order valence-corrected chi connectivity index (χ3v) is 5.47. The summed E-state index contributed by atoms with van der Waals surface area (Å²) in [6.07, 6.45) is 5.09. The number of hydrogen-bond acceptors (Lipinski definition) is 5. The van der Waals surface area contributed by atoms with E-state index >= 15 is 0 Å². The van der Waals surface area contributed by atoms with Crippen LogP contribution < -0.4 is 11.1 Å². The Bertz CT molecular complexity index is 1360. The number of halogens is 3. The smallest absolute Gasteiger partial charge is 0.254 e. The van der Waals surface area contributed by atoms with E-state index in [2.05, 4.69) is 15.4 Å². The zero-order valence-electron chi connectivity index (χ0n) is 18.0. The van der Waals surface area contributed by atoms with Gasteiger partial charge in [-0.2, -0.15) is 5.10 Å². The van der Waals surface area contributed by atoms with Gasteiger partial charge < -0.3 is 16.2 Å². The molecule has 0 saturated heterocycles. The fourth-order valence-corrected chi connectivity index (χ4v) is 3.78. The molecule has 1 unspecified atom stereocenters. The van der Waals surface area contributed by atoms with E-state index in [1.54, 1.807) is 36.3 Å². The van der Waals surface area contributed by atoms with Crippen molar-refractivity contribution < 1.29 is 18.7 Å². The summed E-state index contributed by atoms with van der Waals surface area (Å²) in [6, 6.07) is 8.48. The van der Waals surface area contributed by atoms with Crippen LogP contribution in [-0.2, 0) is 7.05 Å². The molecule has 1 atom stereocenters. The number of amides is 1. The van der Waals surface area contributed by atoms with Gasteiger partial charge in [0.05, 0.1) is 24.4 Å². The predicted molar refractivity (Wildman–Crippen MR) is 125 cm³/mol. The van der Waals surface area contributed by atoms with Gasteiger partial charge in [-0.3, -0.25) is 9.48 Å². The number of benzene rings is 2. The number of nitrogens with two attached hydrogens (primary N) is 1. The Hall–Kier alpha value is -3.82. The lowest BCUT2D eigenvalue weighted by molar-refractivity contribution is 0.0912. The molecule has 0 aliphatic heterocycles. The van der Waals surface area contributed by atoms with Gasteiger partial charge in [-0.05, 0) is 47.5 Å². The maximum atomic E-state index is 15.0. The van der Waals surface area contributed by atoms with Crippen molar-refractivity contribution in [3.05, 3.63) is 88.8 Å². The Balaban J connectivity index is 1.60. The lowest BCUT2D eigenvalue weighted by Gasteiger charge is -2.18. The molecular weight excluding hydrogens is 464 g/mol. The van der Waals surface area contributed by atoms with Gasteiger partial charge in [0.2, 0.25) is 0 Å². The zero-order chi connectivity index (χ0) is 24.4. The molecule has 1 amide bonds. The van der Waals surface area contributed by atoms with Gasteiger partial charge in [0.1, 0.15) is 17.5 Å². The Morgan fingerprint density at radius 3 is 2.59 bits per heavy atom. The van der Waals surface area contributed by atoms with E-state index in [4.69, 9.17) is 17.3 Å². The normalized spacial score (nSPS) is 11.9. The highest BCUT2D eigenvalue weighted by molar-refractivity contribution is 6.30. The number of carbonyl (C=O) groups is 1. The molecular formula is C24H20ClF2N5O2. The van der Waals surface area contributed by atoms with E-state index in [-0.39, 0.29) is 22.0 Å². The summed E-state index contributed by atoms with van der Waals surface area (Å²) in [5, 5.41) is 16.4. The lowest BCUT2D eigenvalue weighted by atomic mass is 10.0. The van der Waals surface area contributed by atoms with Crippen molar-refractivity contribution in [3.8, 4) is 22.3 Å². The summed E-state index contributed by atoms with van der Waals surface area (Å²) in [6.45, 7) is -0.533. The number of aliphatic hydroxyl groups excluding tert-OH is 1. The second-order valence-electron chi connectivity index (χ2n) is 7.67. The molecule has 0 saturated carbocycles. The number of pyridine rings is 1. The van der Waals surface area contributed by atoms with Crippen molar-refractivity contribution >= 4 is 23.3 Å². The number of nitrogen functional groups attached to an aromatic ring is 1. The average molecular weight is 484 g/mol. The number of nitrogens with one attached hydrogen (secondary N) is 1. The first kappa shape index (κ1) is 23.3. The van der Waals surface area contributed by atoms with E-state index in [9.17, 15) is 18.7 Å². The molecule has 0 spiro atoms. The predicted octanol–water partition coefficient (Wildman–Crippen LogP) is 4.13. The zero-order valence-corrected chi connectivity index (χ0v) is 18.7. The monoisotopic (exact) mass is 483 g/mol. The average Bonchev–Trinajstić information content (AvgIpc) is 3.23. The molecule has 2 aromatic heterocycles. The SMILES string of the molecule is Cn1cc(-c2cnc(N)c(-c3ccc(C(=O)NC(CO)c4cc(F)cc(Cl)c4)c(F)c3)c2)cn1. The minimum Gasteiger partial charge on any atom is -0.394 e. The Labute approximate surface area is 198 Å². The first-order valence-electron chi connectivity index (χ1n) is 10.2. The number of aromatic nitrogens is 3. The van der Waals surface area contributed by atoms with Gasteiger partial charge in [-0.15, -0.1) is 0 Å². The molecule has 0 bridgehead atoms. The molecule has 2 heterocycles. The fraction of sp³-hybridized carbons (Fsp3) is 0.125. The van der Waals surface area contributed by atoms with Crippen LogP contribution in [0.15, 0.2) is 61.1 Å². The number of anilines is 1. The molecule has 4 aromatic rings. The fourth-order valence-electron chi connectivity index (χ4n) is 3.55. The van der Waals surface area contributed by atoms with Crippen LogP contribution in [0.2, 0.25) is 5.02 Å². The lowest BCUT2D eigenvalue weighted by Crippen LogP contribution is -2.31. The number of carbonyl (C=O) groups excluding carboxylic acids is 1. The maximum absolute atomic E-state index is 15.0. The second kappa shape index (κ2) is 9.58. The van der Waals surface area contributed by atoms with E-state index in [1.807, 2.05) is 6.20 Å². The van der Waals surface area contributed by atoms with Crippen molar-refractivity contribution in [1.29, 1.82) is 0 Å². The Morgan fingerprint density at radius 1 is 1.15 bits per heavy atom. The summed E-state index contributed by atoms with van der Waals surface area (Å²) in [4.78, 5) is 16.9. The van der Waals surface area contributed by atoms with E-state index < -0.39 is 30.2 Å². The number of rotatable bonds is 6. The van der Waals surface area contributed by atoms with Crippen LogP contribution in [0, 0.1) is 11.6 Å². The first-order valence-corrected chi connectivity index (χ1v) is 10.5. The molecule has 0 aliphatic carbocycles. The molecule has 4 rings (SSSR count). The van der Waals surface area contributed by atoms with E-state index in [0.29, 0.717) is 11.1 Å². The summed E-state index contributed by atoms with van der Waals surface area (Å²) >= 11 is 5.86. The summed E-state index contributed by atoms with van der Waals surface area (Å²) in [7, 11) is 1.79. The van der Waals surface area contributed by atoms with Gasteiger partial charge in [0.15, 0.2) is 0 Å². The van der Waals surface area contributed by atoms with Gasteiger partial charge in [-0.1, -0.05) is 17.7 Å². The van der Waals surface area contributed by atoms with Crippen LogP contribution in [-0.4, -0.2) is 32.4 Å². The van der Waals surface area contributed by atoms with Crippen LogP contribution in [0.5, 0.6) is 0 Å². The second-order valence-corrected chi connectivity index (χ2v) is 8.10. The highest BCUT2D eigenvalue weighted by atomic mass is 35.5. The minimum atomic E-state index is -0.976. The van der Waals surface area contributed by atoms with Crippen LogP contribution in [0.25, 0.3) is 22.3 Å². The Kier molecular flexibility index (Phi) is 6.58. The quantitative estimate of drug-likeness (QED) is 0.382. The molecule has 10 heteroatoms. The largest absolute Gasteiger partial charge is 0.394 e. The summed E-state index contributed by atoms with van der Waals surface area (Å²) in [5.74, 6) is -1.99. The third kappa shape index (κ3) is 4.90. The number of nitrogens with zero attached hydrogens (tertiary/aromatic N) is 3. The molecule has 174 valence electrons. The molecule has 7 nitrogen and oxygen atoms in total. The highest BCUT2D eigenvalue weighted by Gasteiger charge is 2.20. The van der Waals surface area contributed by atoms with Crippen molar-refractivity contribution in [3.63, 3.8) is 0 Å². The summed E-state index contributed by atoms with van der Waals surface area (Å²) < 4.78 is 30.3. The minimum absolute atomic E-state index is 0.109. The van der Waals surface area contributed by atoms with Crippen molar-refractivity contribution in [2.75, 3.05) is 12.3 Å². The molecule has 4 N–H and O–H groups in total. The van der Waals surface area contributed by atoms with Gasteiger partial charge >= 0.3 is 0 Å². The standard InChI is InChI=1S/C24H20ClF2N5O2/c1-32-11-16(10-30-32)15-6-20(23(28)29-9-15)13-2-3-19(21(27)7-13)24(34)31-22(12-33)14-4-17(25)8-18(26)5-14/h2-11,22,33H,12H2,1H3,(H2,28,29)(H,31,34). The topological polar surface area (TPSA) is 106 Å². The van der Waals surface area contributed by atoms with E-state index in [1.165, 1.54) is 18.2 Å². The number of aryl methyl sites for hydroxylation is 1. The van der Waals surface area contributed by atoms with Crippen LogP contribution >= 0.6 is 11.6 Å². The number of hydrogen-bond donors (Lipinski definition) is 3. The highest BCUT2D eigenvalue weighted by Crippen LogP contribution is 2.30. The first-order chi connectivity index (χ1) is 16.2. The third-order valence-electron chi connectivity index (χ3n) is 5.26. The van der Waals surface area contributed by atoms with Crippen LogP contribution in [0.1, 0.15) is 22.0 Å². The molecule has 0 fully saturated rings. The van der Waals surface area contributed by atoms with Gasteiger partial charge in [0.25, 0.3) is 5.91 Å². The van der Waals surface area contributed by atoms with Crippen molar-refractivity contribution in [2.45, 2.75) is 6.04 Å². The van der Waals surface area contributed by atoms with Crippen molar-refractivity contribution in [2.24, 2.45) is 7.05 Å². The maximum Gasteiger partial charge on any atom is 0.254 e. The Morgan fingerprint density at radius 2 is 1.94 bits per heavy atom. The number of aliphatic hydroxyl groups is 1. The van der Waals surface area contributed by atoms with Crippen LogP contribution in [0.3, 0.4) is 0 Å². The van der Waals surface area contributed by atoms with Gasteiger partial charge in [-0.25, -0.2) is 13.8 Å². The molecule has 2 aromatic carbocycles. The van der Waals surface area contributed by atoms with Gasteiger partial charge in [0, 0.05) is 41.2 Å². The van der Waals surface area contributed by atoms with E-state index in [0.717, 1.165) is 23.3 Å². The van der Waals surface area contributed by atoms with Crippen molar-refractivity contribution in [1.82, 2.24) is 20.1 Å².